The first-order valence-electron chi connectivity index (χ1n) is 7.79. The van der Waals surface area contributed by atoms with Gasteiger partial charge in [-0.05, 0) is 61.0 Å². The zero-order chi connectivity index (χ0) is 17.8. The van der Waals surface area contributed by atoms with E-state index < -0.39 is 0 Å². The van der Waals surface area contributed by atoms with E-state index in [2.05, 4.69) is 40.6 Å². The highest BCUT2D eigenvalue weighted by Gasteiger charge is 2.06. The number of rotatable bonds is 4. The molecule has 0 saturated heterocycles. The Labute approximate surface area is 157 Å². The van der Waals surface area contributed by atoms with E-state index in [9.17, 15) is 0 Å². The molecule has 0 saturated carbocycles. The SMILES string of the molecule is Cc1cccc(NC(=S)Nc2ncn(Cc3ccc(Cl)cc3)n2)c1C. The molecule has 3 rings (SSSR count). The molecule has 0 atom stereocenters. The monoisotopic (exact) mass is 371 g/mol. The van der Waals surface area contributed by atoms with Crippen LogP contribution in [-0.2, 0) is 6.54 Å². The minimum Gasteiger partial charge on any atom is -0.332 e. The normalized spacial score (nSPS) is 10.5. The fourth-order valence-corrected chi connectivity index (χ4v) is 2.67. The van der Waals surface area contributed by atoms with Gasteiger partial charge in [-0.25, -0.2) is 9.67 Å². The molecular weight excluding hydrogens is 354 g/mol. The predicted octanol–water partition coefficient (Wildman–Crippen LogP) is 4.41. The van der Waals surface area contributed by atoms with Gasteiger partial charge in [0, 0.05) is 10.7 Å². The first kappa shape index (κ1) is 17.4. The summed E-state index contributed by atoms with van der Waals surface area (Å²) < 4.78 is 1.74. The van der Waals surface area contributed by atoms with Crippen molar-refractivity contribution >= 4 is 40.6 Å². The highest BCUT2D eigenvalue weighted by atomic mass is 35.5. The third-order valence-corrected chi connectivity index (χ3v) is 4.33. The van der Waals surface area contributed by atoms with Crippen LogP contribution in [0.2, 0.25) is 5.02 Å². The van der Waals surface area contributed by atoms with Crippen molar-refractivity contribution < 1.29 is 0 Å². The van der Waals surface area contributed by atoms with E-state index in [0.29, 0.717) is 22.6 Å². The summed E-state index contributed by atoms with van der Waals surface area (Å²) in [5.74, 6) is 0.455. The number of halogens is 1. The zero-order valence-electron chi connectivity index (χ0n) is 14.0. The number of hydrogen-bond acceptors (Lipinski definition) is 3. The third-order valence-electron chi connectivity index (χ3n) is 3.87. The van der Waals surface area contributed by atoms with Gasteiger partial charge in [-0.15, -0.1) is 5.10 Å². The summed E-state index contributed by atoms with van der Waals surface area (Å²) in [4.78, 5) is 4.24. The molecule has 0 amide bonds. The average Bonchev–Trinajstić information content (AvgIpc) is 3.01. The second-order valence-corrected chi connectivity index (χ2v) is 6.56. The molecular formula is C18H18ClN5S. The van der Waals surface area contributed by atoms with Gasteiger partial charge in [0.05, 0.1) is 6.54 Å². The lowest BCUT2D eigenvalue weighted by atomic mass is 10.1. The van der Waals surface area contributed by atoms with Crippen LogP contribution >= 0.6 is 23.8 Å². The highest BCUT2D eigenvalue weighted by molar-refractivity contribution is 7.80. The molecule has 0 aliphatic carbocycles. The Morgan fingerprint density at radius 1 is 1.12 bits per heavy atom. The number of hydrogen-bond donors (Lipinski definition) is 2. The van der Waals surface area contributed by atoms with E-state index in [-0.39, 0.29) is 0 Å². The molecule has 128 valence electrons. The molecule has 3 aromatic rings. The molecule has 1 heterocycles. The van der Waals surface area contributed by atoms with Gasteiger partial charge in [-0.2, -0.15) is 0 Å². The lowest BCUT2D eigenvalue weighted by Crippen LogP contribution is -2.20. The zero-order valence-corrected chi connectivity index (χ0v) is 15.5. The maximum Gasteiger partial charge on any atom is 0.248 e. The van der Waals surface area contributed by atoms with Crippen LogP contribution in [0.1, 0.15) is 16.7 Å². The maximum atomic E-state index is 5.90. The van der Waals surface area contributed by atoms with E-state index >= 15 is 0 Å². The Hall–Kier alpha value is -2.44. The average molecular weight is 372 g/mol. The number of aromatic nitrogens is 3. The summed E-state index contributed by atoms with van der Waals surface area (Å²) >= 11 is 11.2. The third kappa shape index (κ3) is 4.55. The van der Waals surface area contributed by atoms with Crippen molar-refractivity contribution in [1.82, 2.24) is 14.8 Å². The molecule has 2 aromatic carbocycles. The van der Waals surface area contributed by atoms with Crippen molar-refractivity contribution in [2.45, 2.75) is 20.4 Å². The van der Waals surface area contributed by atoms with E-state index in [1.165, 1.54) is 5.56 Å². The van der Waals surface area contributed by atoms with Crippen molar-refractivity contribution in [1.29, 1.82) is 0 Å². The highest BCUT2D eigenvalue weighted by Crippen LogP contribution is 2.18. The molecule has 1 aromatic heterocycles. The standard InChI is InChI=1S/C18H18ClN5S/c1-12-4-3-5-16(13(12)2)21-18(25)22-17-20-11-24(23-17)10-14-6-8-15(19)9-7-14/h3-9,11H,10H2,1-2H3,(H2,21,22,23,25). The van der Waals surface area contributed by atoms with E-state index in [1.807, 2.05) is 36.4 Å². The number of thiocarbonyl (C=S) groups is 1. The molecule has 0 aliphatic rings. The van der Waals surface area contributed by atoms with E-state index in [4.69, 9.17) is 23.8 Å². The first-order chi connectivity index (χ1) is 12.0. The summed E-state index contributed by atoms with van der Waals surface area (Å²) in [6.07, 6.45) is 1.66. The lowest BCUT2D eigenvalue weighted by molar-refractivity contribution is 0.687. The number of anilines is 2. The molecule has 5 nitrogen and oxygen atoms in total. The van der Waals surface area contributed by atoms with Crippen LogP contribution in [-0.4, -0.2) is 19.9 Å². The van der Waals surface area contributed by atoms with Crippen molar-refractivity contribution in [3.05, 3.63) is 70.5 Å². The number of nitrogens with zero attached hydrogens (tertiary/aromatic N) is 3. The molecule has 0 spiro atoms. The van der Waals surface area contributed by atoms with Crippen LogP contribution in [0.25, 0.3) is 0 Å². The Balaban J connectivity index is 1.61. The van der Waals surface area contributed by atoms with Crippen LogP contribution in [0.15, 0.2) is 48.8 Å². The van der Waals surface area contributed by atoms with Crippen molar-refractivity contribution in [3.63, 3.8) is 0 Å². The largest absolute Gasteiger partial charge is 0.332 e. The predicted molar refractivity (Wildman–Crippen MR) is 106 cm³/mol. The molecule has 0 bridgehead atoms. The fraction of sp³-hybridized carbons (Fsp3) is 0.167. The quantitative estimate of drug-likeness (QED) is 0.665. The van der Waals surface area contributed by atoms with Gasteiger partial charge in [0.15, 0.2) is 5.11 Å². The summed E-state index contributed by atoms with van der Waals surface area (Å²) in [7, 11) is 0. The number of nitrogens with one attached hydrogen (secondary N) is 2. The van der Waals surface area contributed by atoms with Crippen LogP contribution in [0.5, 0.6) is 0 Å². The Morgan fingerprint density at radius 2 is 1.88 bits per heavy atom. The number of aryl methyl sites for hydroxylation is 1. The second kappa shape index (κ2) is 7.63. The molecule has 7 heteroatoms. The molecule has 2 N–H and O–H groups in total. The van der Waals surface area contributed by atoms with Crippen LogP contribution in [0, 0.1) is 13.8 Å². The Kier molecular flexibility index (Phi) is 5.31. The summed E-state index contributed by atoms with van der Waals surface area (Å²) in [5.41, 5.74) is 4.43. The molecule has 0 unspecified atom stereocenters. The topological polar surface area (TPSA) is 54.8 Å². The van der Waals surface area contributed by atoms with Crippen LogP contribution in [0.4, 0.5) is 11.6 Å². The first-order valence-corrected chi connectivity index (χ1v) is 8.58. The van der Waals surface area contributed by atoms with Gasteiger partial charge in [0.25, 0.3) is 0 Å². The van der Waals surface area contributed by atoms with E-state index in [0.717, 1.165) is 16.8 Å². The minimum absolute atomic E-state index is 0.455. The van der Waals surface area contributed by atoms with Gasteiger partial charge in [0.1, 0.15) is 6.33 Å². The molecule has 0 radical (unpaired) electrons. The van der Waals surface area contributed by atoms with E-state index in [1.54, 1.807) is 11.0 Å². The number of benzene rings is 2. The summed E-state index contributed by atoms with van der Waals surface area (Å²) in [6.45, 7) is 4.74. The van der Waals surface area contributed by atoms with Crippen molar-refractivity contribution in [2.24, 2.45) is 0 Å². The molecule has 0 aliphatic heterocycles. The van der Waals surface area contributed by atoms with Gasteiger partial charge in [-0.1, -0.05) is 35.9 Å². The van der Waals surface area contributed by atoms with Crippen molar-refractivity contribution in [3.8, 4) is 0 Å². The van der Waals surface area contributed by atoms with Gasteiger partial charge in [-0.3, -0.25) is 5.32 Å². The van der Waals surface area contributed by atoms with Crippen molar-refractivity contribution in [2.75, 3.05) is 10.6 Å². The summed E-state index contributed by atoms with van der Waals surface area (Å²) in [6, 6.07) is 13.7. The molecule has 0 fully saturated rings. The smallest absolute Gasteiger partial charge is 0.248 e. The Morgan fingerprint density at radius 3 is 2.64 bits per heavy atom. The van der Waals surface area contributed by atoms with Crippen LogP contribution < -0.4 is 10.6 Å². The van der Waals surface area contributed by atoms with Crippen LogP contribution in [0.3, 0.4) is 0 Å². The van der Waals surface area contributed by atoms with Gasteiger partial charge >= 0.3 is 0 Å². The second-order valence-electron chi connectivity index (χ2n) is 5.72. The Bertz CT molecular complexity index is 889. The summed E-state index contributed by atoms with van der Waals surface area (Å²) in [5, 5.41) is 11.7. The lowest BCUT2D eigenvalue weighted by Gasteiger charge is -2.12. The fourth-order valence-electron chi connectivity index (χ4n) is 2.35. The maximum absolute atomic E-state index is 5.90. The minimum atomic E-state index is 0.455. The van der Waals surface area contributed by atoms with Gasteiger partial charge in [0.2, 0.25) is 5.95 Å². The molecule has 25 heavy (non-hydrogen) atoms. The van der Waals surface area contributed by atoms with Gasteiger partial charge < -0.3 is 5.32 Å².